The summed E-state index contributed by atoms with van der Waals surface area (Å²) in [5.74, 6) is 0. The molecule has 11 heavy (non-hydrogen) atoms. The molecule has 1 radical (unpaired) electrons. The summed E-state index contributed by atoms with van der Waals surface area (Å²) in [6.07, 6.45) is 6.81. The normalized spacial score (nSPS) is 22.5. The van der Waals surface area contributed by atoms with Crippen LogP contribution in [-0.4, -0.2) is 0 Å². The van der Waals surface area contributed by atoms with E-state index in [2.05, 4.69) is 39.8 Å². The van der Waals surface area contributed by atoms with Gasteiger partial charge in [0.1, 0.15) is 0 Å². The van der Waals surface area contributed by atoms with Crippen molar-refractivity contribution in [1.82, 2.24) is 0 Å². The van der Waals surface area contributed by atoms with E-state index < -0.39 is 0 Å². The van der Waals surface area contributed by atoms with E-state index in [0.29, 0.717) is 0 Å². The van der Waals surface area contributed by atoms with Crippen molar-refractivity contribution >= 4 is 0 Å². The van der Waals surface area contributed by atoms with Gasteiger partial charge >= 0.3 is 0 Å². The second-order valence-corrected chi connectivity index (χ2v) is 3.89. The van der Waals surface area contributed by atoms with E-state index in [1.165, 1.54) is 11.1 Å². The maximum absolute atomic E-state index is 4.16. The average molecular weight is 149 g/mol. The van der Waals surface area contributed by atoms with E-state index in [1.54, 1.807) is 0 Å². The Kier molecular flexibility index (Phi) is 2.22. The monoisotopic (exact) mass is 149 g/mol. The Morgan fingerprint density at radius 1 is 1.64 bits per heavy atom. The molecule has 0 aromatic rings. The van der Waals surface area contributed by atoms with Crippen molar-refractivity contribution in [3.8, 4) is 0 Å². The molecule has 1 rings (SSSR count). The van der Waals surface area contributed by atoms with Gasteiger partial charge in [0.2, 0.25) is 0 Å². The number of hydrogen-bond acceptors (Lipinski definition) is 0. The van der Waals surface area contributed by atoms with Crippen LogP contribution >= 0.6 is 0 Å². The van der Waals surface area contributed by atoms with Crippen molar-refractivity contribution in [2.75, 3.05) is 0 Å². The first-order chi connectivity index (χ1) is 5.03. The van der Waals surface area contributed by atoms with Crippen LogP contribution in [0.1, 0.15) is 33.6 Å². The van der Waals surface area contributed by atoms with Gasteiger partial charge in [0.05, 0.1) is 0 Å². The molecule has 0 aromatic carbocycles. The minimum atomic E-state index is 0.143. The van der Waals surface area contributed by atoms with Gasteiger partial charge in [-0.2, -0.15) is 0 Å². The van der Waals surface area contributed by atoms with Gasteiger partial charge in [-0.1, -0.05) is 37.1 Å². The van der Waals surface area contributed by atoms with Crippen LogP contribution in [-0.2, 0) is 0 Å². The molecule has 0 saturated heterocycles. The Morgan fingerprint density at radius 3 is 2.73 bits per heavy atom. The van der Waals surface area contributed by atoms with E-state index in [4.69, 9.17) is 0 Å². The number of rotatable bonds is 1. The van der Waals surface area contributed by atoms with Gasteiger partial charge in [-0.15, -0.1) is 0 Å². The van der Waals surface area contributed by atoms with Gasteiger partial charge in [0.15, 0.2) is 0 Å². The second-order valence-electron chi connectivity index (χ2n) is 3.89. The van der Waals surface area contributed by atoms with Crippen LogP contribution in [0.15, 0.2) is 23.3 Å². The van der Waals surface area contributed by atoms with Gasteiger partial charge in [-0.3, -0.25) is 0 Å². The Labute approximate surface area is 70.0 Å². The van der Waals surface area contributed by atoms with Crippen LogP contribution in [0.25, 0.3) is 0 Å². The van der Waals surface area contributed by atoms with Crippen LogP contribution in [0.3, 0.4) is 0 Å². The molecule has 1 unspecified atom stereocenters. The van der Waals surface area contributed by atoms with Crippen molar-refractivity contribution in [3.05, 3.63) is 30.2 Å². The third-order valence-electron chi connectivity index (χ3n) is 2.06. The summed E-state index contributed by atoms with van der Waals surface area (Å²) in [4.78, 5) is 0. The number of hydrogen-bond donors (Lipinski definition) is 0. The van der Waals surface area contributed by atoms with Crippen molar-refractivity contribution in [2.24, 2.45) is 5.41 Å². The highest BCUT2D eigenvalue weighted by molar-refractivity contribution is 5.31. The summed E-state index contributed by atoms with van der Waals surface area (Å²) in [5.41, 5.74) is 3.04. The molecule has 0 amide bonds. The summed E-state index contributed by atoms with van der Waals surface area (Å²) < 4.78 is 0. The minimum Gasteiger partial charge on any atom is -0.0751 e. The molecular formula is C11H17. The first kappa shape index (κ1) is 8.58. The third kappa shape index (κ3) is 2.21. The van der Waals surface area contributed by atoms with Gasteiger partial charge < -0.3 is 0 Å². The molecule has 1 aliphatic rings. The van der Waals surface area contributed by atoms with Gasteiger partial charge in [0, 0.05) is 0 Å². The largest absolute Gasteiger partial charge is 0.0751 e. The zero-order valence-electron chi connectivity index (χ0n) is 7.78. The fourth-order valence-corrected chi connectivity index (χ4v) is 1.75. The molecule has 0 nitrogen and oxygen atoms in total. The Hall–Kier alpha value is -0.520. The molecule has 0 bridgehead atoms. The van der Waals surface area contributed by atoms with Crippen LogP contribution in [0.4, 0.5) is 0 Å². The van der Waals surface area contributed by atoms with E-state index in [-0.39, 0.29) is 5.41 Å². The Morgan fingerprint density at radius 2 is 2.27 bits per heavy atom. The minimum absolute atomic E-state index is 0.143. The molecule has 1 atom stereocenters. The predicted octanol–water partition coefficient (Wildman–Crippen LogP) is 3.51. The lowest BCUT2D eigenvalue weighted by atomic mass is 9.79. The molecule has 0 heteroatoms. The van der Waals surface area contributed by atoms with E-state index in [0.717, 1.165) is 12.8 Å². The summed E-state index contributed by atoms with van der Waals surface area (Å²) in [7, 11) is 0. The SMILES string of the molecule is [CH2]C1(C)C=C(CC)C=C(C)C1. The first-order valence-corrected chi connectivity index (χ1v) is 4.28. The average Bonchev–Trinajstić information content (AvgIpc) is 1.83. The standard InChI is InChI=1S/C11H17/c1-5-10-6-9(2)7-11(3,4)8-10/h6,8H,3,5,7H2,1-2,4H3. The molecule has 0 spiro atoms. The van der Waals surface area contributed by atoms with Crippen molar-refractivity contribution in [3.63, 3.8) is 0 Å². The lowest BCUT2D eigenvalue weighted by Crippen LogP contribution is -2.12. The Balaban J connectivity index is 2.86. The number of allylic oxidation sites excluding steroid dienone is 4. The molecule has 61 valence electrons. The van der Waals surface area contributed by atoms with Gasteiger partial charge in [0.25, 0.3) is 0 Å². The summed E-state index contributed by atoms with van der Waals surface area (Å²) in [6, 6.07) is 0. The quantitative estimate of drug-likeness (QED) is 0.535. The molecule has 1 aliphatic carbocycles. The van der Waals surface area contributed by atoms with Crippen LogP contribution in [0.5, 0.6) is 0 Å². The van der Waals surface area contributed by atoms with E-state index in [9.17, 15) is 0 Å². The topological polar surface area (TPSA) is 0 Å². The Bertz CT molecular complexity index is 204. The molecular weight excluding hydrogens is 132 g/mol. The van der Waals surface area contributed by atoms with Crippen molar-refractivity contribution in [2.45, 2.75) is 33.6 Å². The predicted molar refractivity (Wildman–Crippen MR) is 50.2 cm³/mol. The lowest BCUT2D eigenvalue weighted by molar-refractivity contribution is 0.527. The highest BCUT2D eigenvalue weighted by Crippen LogP contribution is 2.33. The zero-order valence-corrected chi connectivity index (χ0v) is 7.78. The highest BCUT2D eigenvalue weighted by atomic mass is 14.2. The van der Waals surface area contributed by atoms with E-state index >= 15 is 0 Å². The van der Waals surface area contributed by atoms with E-state index in [1.807, 2.05) is 0 Å². The molecule has 0 aromatic heterocycles. The summed E-state index contributed by atoms with van der Waals surface area (Å²) in [6.45, 7) is 10.7. The molecule has 0 aliphatic heterocycles. The maximum Gasteiger partial charge on any atom is -0.0103 e. The third-order valence-corrected chi connectivity index (χ3v) is 2.06. The fraction of sp³-hybridized carbons (Fsp3) is 0.545. The van der Waals surface area contributed by atoms with Crippen molar-refractivity contribution < 1.29 is 0 Å². The zero-order chi connectivity index (χ0) is 8.48. The molecule has 0 fully saturated rings. The smallest absolute Gasteiger partial charge is 0.0103 e. The van der Waals surface area contributed by atoms with Crippen molar-refractivity contribution in [1.29, 1.82) is 0 Å². The van der Waals surface area contributed by atoms with Gasteiger partial charge in [-0.05, 0) is 32.1 Å². The molecule has 0 N–H and O–H groups in total. The first-order valence-electron chi connectivity index (χ1n) is 4.28. The summed E-state index contributed by atoms with van der Waals surface area (Å²) in [5, 5.41) is 0. The van der Waals surface area contributed by atoms with Crippen LogP contribution in [0, 0.1) is 12.3 Å². The highest BCUT2D eigenvalue weighted by Gasteiger charge is 2.19. The second kappa shape index (κ2) is 2.84. The fourth-order valence-electron chi connectivity index (χ4n) is 1.75. The van der Waals surface area contributed by atoms with Crippen LogP contribution < -0.4 is 0 Å². The molecule has 0 heterocycles. The van der Waals surface area contributed by atoms with Gasteiger partial charge in [-0.25, -0.2) is 0 Å². The maximum atomic E-state index is 4.16. The molecule has 0 saturated carbocycles. The van der Waals surface area contributed by atoms with Crippen LogP contribution in [0.2, 0.25) is 0 Å². The summed E-state index contributed by atoms with van der Waals surface area (Å²) >= 11 is 0. The lowest BCUT2D eigenvalue weighted by Gasteiger charge is -2.26.